The molecule has 102 valence electrons. The maximum Gasteiger partial charge on any atom is 0.193 e. The molecule has 0 atom stereocenters. The third kappa shape index (κ3) is 6.20. The quantitative estimate of drug-likeness (QED) is 0.366. The van der Waals surface area contributed by atoms with E-state index in [9.17, 15) is 0 Å². The summed E-state index contributed by atoms with van der Waals surface area (Å²) in [5.41, 5.74) is 9.26. The van der Waals surface area contributed by atoms with Crippen LogP contribution in [0.2, 0.25) is 0 Å². The van der Waals surface area contributed by atoms with E-state index in [4.69, 9.17) is 10.5 Å². The highest BCUT2D eigenvalue weighted by atomic mass is 127. The van der Waals surface area contributed by atoms with Crippen molar-refractivity contribution in [2.24, 2.45) is 10.7 Å². The van der Waals surface area contributed by atoms with Gasteiger partial charge in [0.25, 0.3) is 0 Å². The number of hydrogen-bond acceptors (Lipinski definition) is 2. The molecule has 0 heterocycles. The molecule has 0 unspecified atom stereocenters. The average Bonchev–Trinajstić information content (AvgIpc) is 2.30. The van der Waals surface area contributed by atoms with E-state index in [0.717, 1.165) is 12.1 Å². The summed E-state index contributed by atoms with van der Waals surface area (Å²) in [5.74, 6) is 0.448. The minimum atomic E-state index is 0. The van der Waals surface area contributed by atoms with Crippen LogP contribution in [0.15, 0.2) is 23.2 Å². The van der Waals surface area contributed by atoms with Gasteiger partial charge in [0.05, 0.1) is 0 Å². The molecule has 1 rings (SSSR count). The van der Waals surface area contributed by atoms with Crippen LogP contribution in [0.3, 0.4) is 0 Å². The van der Waals surface area contributed by atoms with Gasteiger partial charge in [-0.25, -0.2) is 0 Å². The maximum absolute atomic E-state index is 5.77. The fourth-order valence-electron chi connectivity index (χ4n) is 1.41. The van der Waals surface area contributed by atoms with Crippen molar-refractivity contribution < 1.29 is 4.74 Å². The number of benzene rings is 1. The van der Waals surface area contributed by atoms with E-state index >= 15 is 0 Å². The number of halogens is 1. The van der Waals surface area contributed by atoms with Gasteiger partial charge in [-0.15, -0.1) is 24.0 Å². The molecule has 5 heteroatoms. The molecule has 0 bridgehead atoms. The lowest BCUT2D eigenvalue weighted by Gasteiger charge is -2.08. The van der Waals surface area contributed by atoms with E-state index in [1.807, 2.05) is 6.07 Å². The molecule has 18 heavy (non-hydrogen) atoms. The zero-order valence-corrected chi connectivity index (χ0v) is 13.5. The van der Waals surface area contributed by atoms with Crippen molar-refractivity contribution in [3.63, 3.8) is 0 Å². The van der Waals surface area contributed by atoms with Gasteiger partial charge in [0.2, 0.25) is 0 Å². The Bertz CT molecular complexity index is 394. The molecule has 1 aromatic rings. The standard InChI is InChI=1S/C13H21N3O.HI/c1-10-5-6-12(9-11(10)2)16-13(14)15-7-4-8-17-3;/h5-6,9H,4,7-8H2,1-3H3,(H3,14,15,16);1H. The predicted molar refractivity (Wildman–Crippen MR) is 87.9 cm³/mol. The number of nitrogens with one attached hydrogen (secondary N) is 1. The van der Waals surface area contributed by atoms with Gasteiger partial charge in [-0.2, -0.15) is 0 Å². The number of aliphatic imine (C=N–C) groups is 1. The van der Waals surface area contributed by atoms with Crippen molar-refractivity contribution in [1.29, 1.82) is 0 Å². The van der Waals surface area contributed by atoms with Crippen LogP contribution in [-0.2, 0) is 4.74 Å². The summed E-state index contributed by atoms with van der Waals surface area (Å²) in [5, 5.41) is 3.07. The van der Waals surface area contributed by atoms with E-state index in [1.165, 1.54) is 11.1 Å². The van der Waals surface area contributed by atoms with Crippen LogP contribution in [-0.4, -0.2) is 26.2 Å². The molecule has 0 saturated heterocycles. The van der Waals surface area contributed by atoms with Gasteiger partial charge in [0.1, 0.15) is 0 Å². The smallest absolute Gasteiger partial charge is 0.193 e. The van der Waals surface area contributed by atoms with Crippen LogP contribution in [0.25, 0.3) is 0 Å². The van der Waals surface area contributed by atoms with E-state index in [0.29, 0.717) is 19.1 Å². The number of hydrogen-bond donors (Lipinski definition) is 2. The number of anilines is 1. The van der Waals surface area contributed by atoms with E-state index in [-0.39, 0.29) is 24.0 Å². The summed E-state index contributed by atoms with van der Waals surface area (Å²) in [6, 6.07) is 6.13. The van der Waals surface area contributed by atoms with Crippen molar-refractivity contribution in [1.82, 2.24) is 0 Å². The first-order valence-electron chi connectivity index (χ1n) is 5.76. The van der Waals surface area contributed by atoms with Crippen LogP contribution < -0.4 is 11.1 Å². The van der Waals surface area contributed by atoms with Crippen LogP contribution in [0.4, 0.5) is 5.69 Å². The molecule has 0 fully saturated rings. The minimum Gasteiger partial charge on any atom is -0.385 e. The molecule has 0 aliphatic carbocycles. The highest BCUT2D eigenvalue weighted by molar-refractivity contribution is 14.0. The van der Waals surface area contributed by atoms with Crippen molar-refractivity contribution in [3.05, 3.63) is 29.3 Å². The van der Waals surface area contributed by atoms with Gasteiger partial charge in [-0.1, -0.05) is 6.07 Å². The van der Waals surface area contributed by atoms with E-state index in [2.05, 4.69) is 36.3 Å². The third-order valence-electron chi connectivity index (χ3n) is 2.57. The summed E-state index contributed by atoms with van der Waals surface area (Å²) >= 11 is 0. The zero-order valence-electron chi connectivity index (χ0n) is 11.2. The molecule has 0 saturated carbocycles. The molecule has 4 nitrogen and oxygen atoms in total. The molecule has 3 N–H and O–H groups in total. The Kier molecular flexibility index (Phi) is 8.74. The molecule has 0 spiro atoms. The second-order valence-electron chi connectivity index (χ2n) is 4.04. The monoisotopic (exact) mass is 363 g/mol. The average molecular weight is 363 g/mol. The van der Waals surface area contributed by atoms with Crippen molar-refractivity contribution >= 4 is 35.6 Å². The first-order chi connectivity index (χ1) is 8.13. The van der Waals surface area contributed by atoms with Gasteiger partial charge in [0, 0.05) is 25.9 Å². The molecule has 1 aromatic carbocycles. The Hall–Kier alpha value is -0.820. The summed E-state index contributed by atoms with van der Waals surface area (Å²) in [4.78, 5) is 4.21. The SMILES string of the molecule is COCCCN=C(N)Nc1ccc(C)c(C)c1.I. The normalized spacial score (nSPS) is 10.9. The molecule has 0 aromatic heterocycles. The predicted octanol–water partition coefficient (Wildman–Crippen LogP) is 2.68. The van der Waals surface area contributed by atoms with Crippen LogP contribution in [0.1, 0.15) is 17.5 Å². The Balaban J connectivity index is 0.00000289. The highest BCUT2D eigenvalue weighted by Crippen LogP contribution is 2.13. The second kappa shape index (κ2) is 9.16. The lowest BCUT2D eigenvalue weighted by molar-refractivity contribution is 0.197. The Morgan fingerprint density at radius 3 is 2.67 bits per heavy atom. The third-order valence-corrected chi connectivity index (χ3v) is 2.57. The number of guanidine groups is 1. The number of nitrogens with two attached hydrogens (primary N) is 1. The summed E-state index contributed by atoms with van der Waals surface area (Å²) in [6.07, 6.45) is 0.881. The van der Waals surface area contributed by atoms with E-state index < -0.39 is 0 Å². The highest BCUT2D eigenvalue weighted by Gasteiger charge is 1.97. The van der Waals surface area contributed by atoms with Gasteiger partial charge in [0.15, 0.2) is 5.96 Å². The lowest BCUT2D eigenvalue weighted by atomic mass is 10.1. The molecule has 0 amide bonds. The molecular formula is C13H22IN3O. The maximum atomic E-state index is 5.77. The zero-order chi connectivity index (χ0) is 12.7. The first-order valence-corrected chi connectivity index (χ1v) is 5.76. The number of rotatable bonds is 5. The summed E-state index contributed by atoms with van der Waals surface area (Å²) in [7, 11) is 1.68. The number of nitrogens with zero attached hydrogens (tertiary/aromatic N) is 1. The van der Waals surface area contributed by atoms with Crippen molar-refractivity contribution in [3.8, 4) is 0 Å². The number of methoxy groups -OCH3 is 1. The Morgan fingerprint density at radius 1 is 1.33 bits per heavy atom. The van der Waals surface area contributed by atoms with Crippen LogP contribution >= 0.6 is 24.0 Å². The molecule has 0 aliphatic heterocycles. The molecular weight excluding hydrogens is 341 g/mol. The Morgan fingerprint density at radius 2 is 2.06 bits per heavy atom. The van der Waals surface area contributed by atoms with Crippen molar-refractivity contribution in [2.75, 3.05) is 25.6 Å². The fraction of sp³-hybridized carbons (Fsp3) is 0.462. The minimum absolute atomic E-state index is 0. The van der Waals surface area contributed by atoms with Crippen LogP contribution in [0.5, 0.6) is 0 Å². The number of ether oxygens (including phenoxy) is 1. The van der Waals surface area contributed by atoms with E-state index in [1.54, 1.807) is 7.11 Å². The van der Waals surface area contributed by atoms with Crippen molar-refractivity contribution in [2.45, 2.75) is 20.3 Å². The largest absolute Gasteiger partial charge is 0.385 e. The fourth-order valence-corrected chi connectivity index (χ4v) is 1.41. The van der Waals surface area contributed by atoms with Gasteiger partial charge in [-0.05, 0) is 43.5 Å². The topological polar surface area (TPSA) is 59.6 Å². The summed E-state index contributed by atoms with van der Waals surface area (Å²) < 4.78 is 4.94. The van der Waals surface area contributed by atoms with Gasteiger partial charge < -0.3 is 15.8 Å². The summed E-state index contributed by atoms with van der Waals surface area (Å²) in [6.45, 7) is 5.55. The second-order valence-corrected chi connectivity index (χ2v) is 4.04. The molecule has 0 radical (unpaired) electrons. The van der Waals surface area contributed by atoms with Gasteiger partial charge in [-0.3, -0.25) is 4.99 Å². The number of aryl methyl sites for hydroxylation is 2. The van der Waals surface area contributed by atoms with Crippen LogP contribution in [0, 0.1) is 13.8 Å². The molecule has 0 aliphatic rings. The van der Waals surface area contributed by atoms with Gasteiger partial charge >= 0.3 is 0 Å². The first kappa shape index (κ1) is 17.2. The lowest BCUT2D eigenvalue weighted by Crippen LogP contribution is -2.23. The Labute approximate surface area is 126 Å².